The van der Waals surface area contributed by atoms with Crippen LogP contribution in [0, 0.1) is 5.82 Å². The van der Waals surface area contributed by atoms with Crippen LogP contribution in [0.3, 0.4) is 0 Å². The summed E-state index contributed by atoms with van der Waals surface area (Å²) in [6.07, 6.45) is 1.91. The summed E-state index contributed by atoms with van der Waals surface area (Å²) < 4.78 is 18.7. The molecule has 0 heterocycles. The zero-order chi connectivity index (χ0) is 20.5. The molecule has 6 heteroatoms. The molecular formula is C23H21FN2O2S. The van der Waals surface area contributed by atoms with Crippen molar-refractivity contribution in [3.63, 3.8) is 0 Å². The second-order valence-electron chi connectivity index (χ2n) is 6.38. The zero-order valence-electron chi connectivity index (χ0n) is 15.7. The molecule has 0 bridgehead atoms. The van der Waals surface area contributed by atoms with E-state index in [4.69, 9.17) is 17.0 Å². The normalized spacial score (nSPS) is 10.2. The van der Waals surface area contributed by atoms with Gasteiger partial charge in [-0.1, -0.05) is 30.3 Å². The van der Waals surface area contributed by atoms with Gasteiger partial charge >= 0.3 is 0 Å². The van der Waals surface area contributed by atoms with Crippen LogP contribution in [0.1, 0.15) is 22.3 Å². The molecule has 0 aliphatic rings. The molecule has 0 aliphatic heterocycles. The largest absolute Gasteiger partial charge is 0.494 e. The first-order chi connectivity index (χ1) is 14.1. The lowest BCUT2D eigenvalue weighted by Gasteiger charge is -2.11. The van der Waals surface area contributed by atoms with Crippen LogP contribution < -0.4 is 15.4 Å². The number of carbonyl (C=O) groups excluding carboxylic acids is 1. The molecule has 3 aromatic carbocycles. The summed E-state index contributed by atoms with van der Waals surface area (Å²) in [6.45, 7) is 0.633. The van der Waals surface area contributed by atoms with Gasteiger partial charge in [0.2, 0.25) is 0 Å². The number of aryl methyl sites for hydroxylation is 1. The molecule has 0 radical (unpaired) electrons. The van der Waals surface area contributed by atoms with E-state index in [1.807, 2.05) is 42.5 Å². The van der Waals surface area contributed by atoms with Gasteiger partial charge in [0.1, 0.15) is 11.6 Å². The van der Waals surface area contributed by atoms with Crippen molar-refractivity contribution in [2.45, 2.75) is 12.8 Å². The minimum atomic E-state index is -0.402. The maximum Gasteiger partial charge on any atom is 0.257 e. The Hall–Kier alpha value is -3.25. The number of nitrogens with one attached hydrogen (secondary N) is 2. The van der Waals surface area contributed by atoms with Crippen LogP contribution in [0.15, 0.2) is 78.9 Å². The first kappa shape index (κ1) is 20.5. The Balaban J connectivity index is 1.41. The number of ether oxygens (including phenoxy) is 1. The van der Waals surface area contributed by atoms with Crippen molar-refractivity contribution in [3.8, 4) is 5.75 Å². The van der Waals surface area contributed by atoms with Gasteiger partial charge in [0.15, 0.2) is 5.11 Å². The fourth-order valence-corrected chi connectivity index (χ4v) is 2.89. The van der Waals surface area contributed by atoms with Gasteiger partial charge in [0.25, 0.3) is 5.91 Å². The number of hydrogen-bond acceptors (Lipinski definition) is 3. The third-order valence-electron chi connectivity index (χ3n) is 4.17. The van der Waals surface area contributed by atoms with E-state index in [0.717, 1.165) is 24.3 Å². The summed E-state index contributed by atoms with van der Waals surface area (Å²) in [7, 11) is 0. The van der Waals surface area contributed by atoms with Crippen LogP contribution in [0.2, 0.25) is 0 Å². The van der Waals surface area contributed by atoms with E-state index in [9.17, 15) is 9.18 Å². The summed E-state index contributed by atoms with van der Waals surface area (Å²) in [5.74, 6) is -0.0321. The molecule has 0 aliphatic carbocycles. The van der Waals surface area contributed by atoms with Crippen LogP contribution >= 0.6 is 12.2 Å². The summed E-state index contributed by atoms with van der Waals surface area (Å²) >= 11 is 5.15. The molecule has 0 saturated heterocycles. The average molecular weight is 408 g/mol. The number of amides is 1. The van der Waals surface area contributed by atoms with E-state index >= 15 is 0 Å². The lowest BCUT2D eigenvalue weighted by molar-refractivity contribution is 0.0977. The fraction of sp³-hybridized carbons (Fsp3) is 0.130. The maximum atomic E-state index is 12.9. The van der Waals surface area contributed by atoms with Crippen molar-refractivity contribution in [3.05, 3.63) is 95.8 Å². The van der Waals surface area contributed by atoms with E-state index in [1.54, 1.807) is 0 Å². The third-order valence-corrected chi connectivity index (χ3v) is 4.37. The molecule has 29 heavy (non-hydrogen) atoms. The van der Waals surface area contributed by atoms with Gasteiger partial charge < -0.3 is 10.1 Å². The topological polar surface area (TPSA) is 50.4 Å². The van der Waals surface area contributed by atoms with E-state index in [0.29, 0.717) is 12.2 Å². The Labute approximate surface area is 174 Å². The Morgan fingerprint density at radius 2 is 1.62 bits per heavy atom. The van der Waals surface area contributed by atoms with Crippen LogP contribution in [0.4, 0.5) is 10.1 Å². The molecule has 4 nitrogen and oxygen atoms in total. The van der Waals surface area contributed by atoms with E-state index in [2.05, 4.69) is 22.8 Å². The van der Waals surface area contributed by atoms with Crippen molar-refractivity contribution in [2.24, 2.45) is 0 Å². The SMILES string of the molecule is O=C(NC(=S)Nc1ccc(OCCCc2ccccc2)cc1)c1ccc(F)cc1. The Morgan fingerprint density at radius 3 is 2.31 bits per heavy atom. The van der Waals surface area contributed by atoms with E-state index in [-0.39, 0.29) is 5.11 Å². The number of benzene rings is 3. The predicted molar refractivity (Wildman–Crippen MR) is 117 cm³/mol. The lowest BCUT2D eigenvalue weighted by Crippen LogP contribution is -2.34. The number of rotatable bonds is 7. The fourth-order valence-electron chi connectivity index (χ4n) is 2.68. The standard InChI is InChI=1S/C23H21FN2O2S/c24-19-10-8-18(9-11-19)22(27)26-23(29)25-20-12-14-21(15-13-20)28-16-4-7-17-5-2-1-3-6-17/h1-3,5-6,8-15H,4,7,16H2,(H2,25,26,27,29). The second kappa shape index (κ2) is 10.3. The molecule has 1 amide bonds. The molecule has 0 spiro atoms. The molecule has 0 fully saturated rings. The van der Waals surface area contributed by atoms with Crippen LogP contribution in [0.5, 0.6) is 5.75 Å². The minimum absolute atomic E-state index is 0.163. The highest BCUT2D eigenvalue weighted by atomic mass is 32.1. The zero-order valence-corrected chi connectivity index (χ0v) is 16.5. The molecule has 148 valence electrons. The van der Waals surface area contributed by atoms with E-state index in [1.165, 1.54) is 29.8 Å². The smallest absolute Gasteiger partial charge is 0.257 e. The van der Waals surface area contributed by atoms with Crippen molar-refractivity contribution < 1.29 is 13.9 Å². The maximum absolute atomic E-state index is 12.9. The number of carbonyl (C=O) groups is 1. The minimum Gasteiger partial charge on any atom is -0.494 e. The number of thiocarbonyl (C=S) groups is 1. The van der Waals surface area contributed by atoms with Gasteiger partial charge in [-0.15, -0.1) is 0 Å². The summed E-state index contributed by atoms with van der Waals surface area (Å²) in [5, 5.41) is 5.67. The number of halogens is 1. The molecule has 0 saturated carbocycles. The van der Waals surface area contributed by atoms with Crippen LogP contribution in [0.25, 0.3) is 0 Å². The summed E-state index contributed by atoms with van der Waals surface area (Å²) in [4.78, 5) is 12.1. The third kappa shape index (κ3) is 6.69. The summed E-state index contributed by atoms with van der Waals surface area (Å²) in [6, 6.07) is 22.9. The molecule has 3 rings (SSSR count). The first-order valence-electron chi connectivity index (χ1n) is 9.25. The number of anilines is 1. The highest BCUT2D eigenvalue weighted by molar-refractivity contribution is 7.80. The van der Waals surface area contributed by atoms with Crippen molar-refractivity contribution in [1.82, 2.24) is 5.32 Å². The quantitative estimate of drug-likeness (QED) is 0.428. The van der Waals surface area contributed by atoms with Gasteiger partial charge in [-0.25, -0.2) is 4.39 Å². The van der Waals surface area contributed by atoms with Gasteiger partial charge in [-0.2, -0.15) is 0 Å². The average Bonchev–Trinajstić information content (AvgIpc) is 2.73. The Kier molecular flexibility index (Phi) is 7.30. The molecule has 2 N–H and O–H groups in total. The highest BCUT2D eigenvalue weighted by Crippen LogP contribution is 2.16. The molecular weight excluding hydrogens is 387 g/mol. The van der Waals surface area contributed by atoms with Crippen LogP contribution in [-0.2, 0) is 6.42 Å². The Bertz CT molecular complexity index is 945. The van der Waals surface area contributed by atoms with Gasteiger partial charge in [0.05, 0.1) is 6.61 Å². The first-order valence-corrected chi connectivity index (χ1v) is 9.66. The van der Waals surface area contributed by atoms with Crippen molar-refractivity contribution >= 4 is 28.9 Å². The molecule has 3 aromatic rings. The predicted octanol–water partition coefficient (Wildman–Crippen LogP) is 4.96. The second-order valence-corrected chi connectivity index (χ2v) is 6.79. The van der Waals surface area contributed by atoms with Gasteiger partial charge in [-0.3, -0.25) is 10.1 Å². The molecule has 0 unspecified atom stereocenters. The highest BCUT2D eigenvalue weighted by Gasteiger charge is 2.08. The summed E-state index contributed by atoms with van der Waals surface area (Å²) in [5.41, 5.74) is 2.35. The molecule has 0 aromatic heterocycles. The van der Waals surface area contributed by atoms with Crippen molar-refractivity contribution in [2.75, 3.05) is 11.9 Å². The Morgan fingerprint density at radius 1 is 0.931 bits per heavy atom. The lowest BCUT2D eigenvalue weighted by atomic mass is 10.1. The van der Waals surface area contributed by atoms with Gasteiger partial charge in [-0.05, 0) is 79.2 Å². The monoisotopic (exact) mass is 408 g/mol. The number of hydrogen-bond donors (Lipinski definition) is 2. The van der Waals surface area contributed by atoms with Crippen LogP contribution in [-0.4, -0.2) is 17.6 Å². The van der Waals surface area contributed by atoms with Crippen molar-refractivity contribution in [1.29, 1.82) is 0 Å². The molecule has 0 atom stereocenters. The van der Waals surface area contributed by atoms with Gasteiger partial charge in [0, 0.05) is 11.3 Å². The van der Waals surface area contributed by atoms with E-state index < -0.39 is 11.7 Å².